The van der Waals surface area contributed by atoms with E-state index in [0.29, 0.717) is 91.1 Å². The van der Waals surface area contributed by atoms with Crippen molar-refractivity contribution in [1.29, 1.82) is 0 Å². The number of aliphatic hydroxyl groups is 2. The molecular weight excluding hydrogens is 512 g/mol. The summed E-state index contributed by atoms with van der Waals surface area (Å²) in [6.45, 7) is 6.22. The quantitative estimate of drug-likeness (QED) is 0.160. The van der Waals surface area contributed by atoms with E-state index in [9.17, 15) is 0 Å². The van der Waals surface area contributed by atoms with Gasteiger partial charge < -0.3 is 38.6 Å². The smallest absolute Gasteiger partial charge is 0.0701 e. The summed E-state index contributed by atoms with van der Waals surface area (Å²) in [4.78, 5) is 0. The highest BCUT2D eigenvalue weighted by Gasteiger charge is 2.23. The molecular formula is C32H50O8. The normalized spacial score (nSPS) is 12.9. The third kappa shape index (κ3) is 17.7. The van der Waals surface area contributed by atoms with Gasteiger partial charge in [0.15, 0.2) is 0 Å². The van der Waals surface area contributed by atoms with Crippen LogP contribution in [0.3, 0.4) is 0 Å². The van der Waals surface area contributed by atoms with Crippen LogP contribution < -0.4 is 0 Å². The predicted octanol–water partition coefficient (Wildman–Crippen LogP) is 3.57. The summed E-state index contributed by atoms with van der Waals surface area (Å²) in [5, 5.41) is 17.5. The van der Waals surface area contributed by atoms with Crippen LogP contribution in [-0.4, -0.2) is 103 Å². The molecule has 0 saturated heterocycles. The average molecular weight is 563 g/mol. The lowest BCUT2D eigenvalue weighted by atomic mass is 9.80. The topological polar surface area (TPSA) is 95.8 Å². The van der Waals surface area contributed by atoms with Crippen molar-refractivity contribution in [1.82, 2.24) is 0 Å². The Kier molecular flexibility index (Phi) is 21.3. The van der Waals surface area contributed by atoms with E-state index in [-0.39, 0.29) is 13.2 Å². The Bertz CT molecular complexity index is 792. The molecule has 2 rings (SSSR count). The zero-order chi connectivity index (χ0) is 28.4. The van der Waals surface area contributed by atoms with E-state index in [0.717, 1.165) is 25.7 Å². The van der Waals surface area contributed by atoms with Gasteiger partial charge in [0.1, 0.15) is 0 Å². The van der Waals surface area contributed by atoms with Crippen molar-refractivity contribution >= 4 is 0 Å². The van der Waals surface area contributed by atoms with E-state index in [1.54, 1.807) is 0 Å². The summed E-state index contributed by atoms with van der Waals surface area (Å²) >= 11 is 0. The van der Waals surface area contributed by atoms with Gasteiger partial charge in [0.25, 0.3) is 0 Å². The van der Waals surface area contributed by atoms with E-state index in [4.69, 9.17) is 38.6 Å². The Hall–Kier alpha value is -1.88. The molecule has 2 aromatic carbocycles. The average Bonchev–Trinajstić information content (AvgIpc) is 2.99. The molecule has 40 heavy (non-hydrogen) atoms. The third-order valence-electron chi connectivity index (χ3n) is 6.50. The van der Waals surface area contributed by atoms with Crippen LogP contribution in [0.5, 0.6) is 0 Å². The van der Waals surface area contributed by atoms with E-state index >= 15 is 0 Å². The highest BCUT2D eigenvalue weighted by Crippen LogP contribution is 2.27. The molecule has 0 bridgehead atoms. The maximum absolute atomic E-state index is 8.77. The Morgan fingerprint density at radius 2 is 0.850 bits per heavy atom. The number of aliphatic hydroxyl groups excluding tert-OH is 2. The van der Waals surface area contributed by atoms with Gasteiger partial charge in [-0.15, -0.1) is 0 Å². The molecule has 0 aromatic heterocycles. The van der Waals surface area contributed by atoms with E-state index in [1.165, 1.54) is 11.1 Å². The fraction of sp³-hybridized carbons (Fsp3) is 0.625. The first-order valence-electron chi connectivity index (χ1n) is 14.6. The van der Waals surface area contributed by atoms with E-state index in [1.807, 2.05) is 0 Å². The van der Waals surface area contributed by atoms with Crippen LogP contribution in [0.2, 0.25) is 0 Å². The Balaban J connectivity index is 1.83. The first-order valence-corrected chi connectivity index (χ1v) is 14.6. The van der Waals surface area contributed by atoms with Gasteiger partial charge in [-0.1, -0.05) is 60.7 Å². The molecule has 0 amide bonds. The monoisotopic (exact) mass is 562 g/mol. The second kappa shape index (κ2) is 24.9. The molecule has 2 N–H and O–H groups in total. The second-order valence-electron chi connectivity index (χ2n) is 9.63. The number of ether oxygens (including phenoxy) is 6. The zero-order valence-electron chi connectivity index (χ0n) is 24.0. The molecule has 0 spiro atoms. The number of hydrogen-bond acceptors (Lipinski definition) is 8. The van der Waals surface area contributed by atoms with Crippen molar-refractivity contribution in [3.05, 3.63) is 71.8 Å². The lowest BCUT2D eigenvalue weighted by Crippen LogP contribution is -2.26. The van der Waals surface area contributed by atoms with Crippen LogP contribution in [0.1, 0.15) is 24.0 Å². The van der Waals surface area contributed by atoms with Crippen LogP contribution in [0.4, 0.5) is 0 Å². The fourth-order valence-electron chi connectivity index (χ4n) is 4.49. The van der Waals surface area contributed by atoms with Crippen molar-refractivity contribution in [2.75, 3.05) is 92.5 Å². The van der Waals surface area contributed by atoms with Gasteiger partial charge in [-0.05, 0) is 48.6 Å². The number of rotatable bonds is 27. The van der Waals surface area contributed by atoms with E-state index in [2.05, 4.69) is 60.7 Å². The molecule has 8 nitrogen and oxygen atoms in total. The number of hydrogen-bond donors (Lipinski definition) is 2. The summed E-state index contributed by atoms with van der Waals surface area (Å²) in [7, 11) is 0. The van der Waals surface area contributed by atoms with Gasteiger partial charge in [0.05, 0.1) is 85.9 Å². The summed E-state index contributed by atoms with van der Waals surface area (Å²) in [6.07, 6.45) is 3.97. The highest BCUT2D eigenvalue weighted by molar-refractivity contribution is 5.17. The first-order chi connectivity index (χ1) is 19.8. The summed E-state index contributed by atoms with van der Waals surface area (Å²) in [5.41, 5.74) is 2.66. The minimum atomic E-state index is 0.0270. The zero-order valence-corrected chi connectivity index (χ0v) is 24.0. The minimum Gasteiger partial charge on any atom is -0.394 e. The molecule has 0 saturated carbocycles. The Morgan fingerprint density at radius 1 is 0.450 bits per heavy atom. The molecule has 2 atom stereocenters. The maximum Gasteiger partial charge on any atom is 0.0701 e. The highest BCUT2D eigenvalue weighted by atomic mass is 16.6. The second-order valence-corrected chi connectivity index (χ2v) is 9.63. The largest absolute Gasteiger partial charge is 0.394 e. The minimum absolute atomic E-state index is 0.0270. The molecule has 0 heterocycles. The lowest BCUT2D eigenvalue weighted by Gasteiger charge is -2.28. The fourth-order valence-corrected chi connectivity index (χ4v) is 4.49. The molecule has 0 fully saturated rings. The van der Waals surface area contributed by atoms with Gasteiger partial charge in [-0.25, -0.2) is 0 Å². The first kappa shape index (κ1) is 34.3. The molecule has 2 aromatic rings. The Morgan fingerprint density at radius 3 is 1.32 bits per heavy atom. The van der Waals surface area contributed by atoms with Crippen molar-refractivity contribution in [3.8, 4) is 0 Å². The van der Waals surface area contributed by atoms with Gasteiger partial charge in [0, 0.05) is 6.61 Å². The van der Waals surface area contributed by atoms with Crippen LogP contribution >= 0.6 is 0 Å². The molecule has 0 aliphatic carbocycles. The van der Waals surface area contributed by atoms with Crippen molar-refractivity contribution < 1.29 is 38.6 Å². The van der Waals surface area contributed by atoms with Crippen LogP contribution in [-0.2, 0) is 41.3 Å². The molecule has 226 valence electrons. The van der Waals surface area contributed by atoms with Crippen molar-refractivity contribution in [2.24, 2.45) is 11.8 Å². The van der Waals surface area contributed by atoms with Crippen LogP contribution in [0.15, 0.2) is 60.7 Å². The molecule has 0 aliphatic heterocycles. The lowest BCUT2D eigenvalue weighted by molar-refractivity contribution is -0.00430. The molecule has 0 aliphatic rings. The molecule has 0 unspecified atom stereocenters. The van der Waals surface area contributed by atoms with Gasteiger partial charge in [0.2, 0.25) is 0 Å². The van der Waals surface area contributed by atoms with Crippen molar-refractivity contribution in [3.63, 3.8) is 0 Å². The summed E-state index contributed by atoms with van der Waals surface area (Å²) < 4.78 is 33.5. The number of benzene rings is 2. The van der Waals surface area contributed by atoms with Gasteiger partial charge in [-0.2, -0.15) is 0 Å². The van der Waals surface area contributed by atoms with E-state index < -0.39 is 0 Å². The molecule has 0 radical (unpaired) electrons. The summed E-state index contributed by atoms with van der Waals surface area (Å²) in [6, 6.07) is 21.3. The SMILES string of the molecule is OCCOCCOCCOCCC[C@@H](Cc1ccccc1)[C@@H](COCCOCCOCCO)Cc1ccccc1. The van der Waals surface area contributed by atoms with Crippen LogP contribution in [0, 0.1) is 11.8 Å². The standard InChI is InChI=1S/C32H50O8/c33-13-16-36-19-22-38-21-18-35-15-7-12-31(26-29-8-3-1-4-9-29)32(27-30-10-5-2-6-11-30)28-40-25-24-39-23-20-37-17-14-34/h1-6,8-11,31-34H,7,12-28H2/t31-,32+/m0/s1. The predicted molar refractivity (Wildman–Crippen MR) is 156 cm³/mol. The van der Waals surface area contributed by atoms with Crippen molar-refractivity contribution in [2.45, 2.75) is 25.7 Å². The summed E-state index contributed by atoms with van der Waals surface area (Å²) in [5.74, 6) is 0.802. The van der Waals surface area contributed by atoms with Gasteiger partial charge in [-0.3, -0.25) is 0 Å². The van der Waals surface area contributed by atoms with Crippen LogP contribution in [0.25, 0.3) is 0 Å². The van der Waals surface area contributed by atoms with Gasteiger partial charge >= 0.3 is 0 Å². The third-order valence-corrected chi connectivity index (χ3v) is 6.50. The Labute approximate surface area is 240 Å². The molecule has 8 heteroatoms. The maximum atomic E-state index is 8.77.